The van der Waals surface area contributed by atoms with Crippen LogP contribution in [0.1, 0.15) is 86.0 Å². The Balaban J connectivity index is 2.63. The molecule has 0 aromatic rings. The van der Waals surface area contributed by atoms with Gasteiger partial charge in [-0.3, -0.25) is 4.79 Å². The molecule has 1 aliphatic carbocycles. The van der Waals surface area contributed by atoms with Crippen molar-refractivity contribution in [1.82, 2.24) is 0 Å². The molecule has 1 saturated carbocycles. The molecule has 0 amide bonds. The Hall–Kier alpha value is -0.570. The first-order chi connectivity index (χ1) is 9.66. The maximum absolute atomic E-state index is 12.3. The fraction of sp³-hybridized carbons (Fsp3) is 0.944. The first kappa shape index (κ1) is 18.5. The van der Waals surface area contributed by atoms with E-state index in [9.17, 15) is 9.90 Å². The molecule has 1 N–H and O–H groups in total. The van der Waals surface area contributed by atoms with Gasteiger partial charge in [0.25, 0.3) is 0 Å². The second kappa shape index (κ2) is 7.62. The van der Waals surface area contributed by atoms with Gasteiger partial charge < -0.3 is 9.84 Å². The average Bonchev–Trinajstić information content (AvgIpc) is 2.50. The van der Waals surface area contributed by atoms with Gasteiger partial charge >= 0.3 is 5.97 Å². The van der Waals surface area contributed by atoms with Crippen LogP contribution in [0.5, 0.6) is 0 Å². The minimum Gasteiger partial charge on any atom is -0.462 e. The van der Waals surface area contributed by atoms with Crippen LogP contribution >= 0.6 is 0 Å². The van der Waals surface area contributed by atoms with E-state index >= 15 is 0 Å². The fourth-order valence-electron chi connectivity index (χ4n) is 2.89. The minimum absolute atomic E-state index is 0.0197. The van der Waals surface area contributed by atoms with E-state index in [1.54, 1.807) is 0 Å². The lowest BCUT2D eigenvalue weighted by Gasteiger charge is -2.30. The maximum Gasteiger partial charge on any atom is 0.311 e. The number of aliphatic hydroxyl groups is 1. The molecule has 0 aliphatic heterocycles. The fourth-order valence-corrected chi connectivity index (χ4v) is 2.89. The third kappa shape index (κ3) is 5.98. The van der Waals surface area contributed by atoms with Crippen LogP contribution < -0.4 is 0 Å². The summed E-state index contributed by atoms with van der Waals surface area (Å²) in [6.45, 7) is 9.72. The Morgan fingerprint density at radius 2 is 1.67 bits per heavy atom. The Morgan fingerprint density at radius 1 is 1.05 bits per heavy atom. The smallest absolute Gasteiger partial charge is 0.311 e. The van der Waals surface area contributed by atoms with Gasteiger partial charge in [0.2, 0.25) is 0 Å². The highest BCUT2D eigenvalue weighted by Gasteiger charge is 2.32. The standard InChI is InChI=1S/C18H34O3/c1-6-17(2,3)16(19)21-15-11-9-7-8-10-14(12-13-15)18(4,5)20/h14-15,20H,6-13H2,1-5H3. The normalized spacial score (nSPS) is 25.6. The number of rotatable bonds is 4. The van der Waals surface area contributed by atoms with Crippen LogP contribution in [-0.2, 0) is 9.53 Å². The summed E-state index contributed by atoms with van der Waals surface area (Å²) in [7, 11) is 0. The van der Waals surface area contributed by atoms with Gasteiger partial charge in [0.05, 0.1) is 11.0 Å². The molecule has 0 radical (unpaired) electrons. The number of hydrogen-bond donors (Lipinski definition) is 1. The largest absolute Gasteiger partial charge is 0.462 e. The Bertz CT molecular complexity index is 328. The molecule has 1 fully saturated rings. The van der Waals surface area contributed by atoms with Crippen molar-refractivity contribution in [3.05, 3.63) is 0 Å². The van der Waals surface area contributed by atoms with Gasteiger partial charge in [0.15, 0.2) is 0 Å². The van der Waals surface area contributed by atoms with E-state index in [1.165, 1.54) is 0 Å². The Labute approximate surface area is 130 Å². The van der Waals surface area contributed by atoms with Crippen molar-refractivity contribution in [3.63, 3.8) is 0 Å². The van der Waals surface area contributed by atoms with Gasteiger partial charge in [-0.05, 0) is 72.1 Å². The van der Waals surface area contributed by atoms with Crippen molar-refractivity contribution in [2.45, 2.75) is 97.7 Å². The van der Waals surface area contributed by atoms with Crippen molar-refractivity contribution in [1.29, 1.82) is 0 Å². The molecule has 3 heteroatoms. The molecular formula is C18H34O3. The topological polar surface area (TPSA) is 46.5 Å². The summed E-state index contributed by atoms with van der Waals surface area (Å²) in [5.74, 6) is 0.227. The molecule has 1 aliphatic rings. The average molecular weight is 298 g/mol. The lowest BCUT2D eigenvalue weighted by Crippen LogP contribution is -2.33. The third-order valence-electron chi connectivity index (χ3n) is 5.13. The quantitative estimate of drug-likeness (QED) is 0.779. The molecule has 2 unspecified atom stereocenters. The first-order valence-corrected chi connectivity index (χ1v) is 8.60. The molecule has 0 aromatic heterocycles. The van der Waals surface area contributed by atoms with Crippen LogP contribution in [-0.4, -0.2) is 22.8 Å². The summed E-state index contributed by atoms with van der Waals surface area (Å²) in [4.78, 5) is 12.3. The van der Waals surface area contributed by atoms with Crippen LogP contribution in [0.3, 0.4) is 0 Å². The van der Waals surface area contributed by atoms with Crippen LogP contribution in [0, 0.1) is 11.3 Å². The van der Waals surface area contributed by atoms with E-state index in [0.717, 1.165) is 51.4 Å². The van der Waals surface area contributed by atoms with Crippen LogP contribution in [0.15, 0.2) is 0 Å². The van der Waals surface area contributed by atoms with Crippen molar-refractivity contribution in [3.8, 4) is 0 Å². The molecule has 0 saturated heterocycles. The zero-order valence-corrected chi connectivity index (χ0v) is 14.6. The van der Waals surface area contributed by atoms with Crippen molar-refractivity contribution >= 4 is 5.97 Å². The van der Waals surface area contributed by atoms with E-state index in [1.807, 2.05) is 34.6 Å². The summed E-state index contributed by atoms with van der Waals surface area (Å²) in [6, 6.07) is 0. The van der Waals surface area contributed by atoms with Crippen LogP contribution in [0.25, 0.3) is 0 Å². The zero-order valence-electron chi connectivity index (χ0n) is 14.6. The molecule has 2 atom stereocenters. The molecule has 0 heterocycles. The van der Waals surface area contributed by atoms with E-state index in [4.69, 9.17) is 4.74 Å². The summed E-state index contributed by atoms with van der Waals surface area (Å²) in [5.41, 5.74) is -1.03. The highest BCUT2D eigenvalue weighted by atomic mass is 16.5. The van der Waals surface area contributed by atoms with E-state index < -0.39 is 11.0 Å². The number of esters is 1. The summed E-state index contributed by atoms with van der Waals surface area (Å²) < 4.78 is 5.78. The number of hydrogen-bond acceptors (Lipinski definition) is 3. The number of carbonyl (C=O) groups is 1. The van der Waals surface area contributed by atoms with Crippen molar-refractivity contribution < 1.29 is 14.6 Å². The maximum atomic E-state index is 12.3. The highest BCUT2D eigenvalue weighted by molar-refractivity contribution is 5.75. The van der Waals surface area contributed by atoms with Gasteiger partial charge in [-0.15, -0.1) is 0 Å². The second-order valence-corrected chi connectivity index (χ2v) is 7.83. The summed E-state index contributed by atoms with van der Waals surface area (Å²) in [6.07, 6.45) is 8.11. The molecular weight excluding hydrogens is 264 g/mol. The molecule has 0 aromatic carbocycles. The lowest BCUT2D eigenvalue weighted by molar-refractivity contribution is -0.160. The van der Waals surface area contributed by atoms with Crippen LogP contribution in [0.4, 0.5) is 0 Å². The lowest BCUT2D eigenvalue weighted by atomic mass is 9.83. The third-order valence-corrected chi connectivity index (χ3v) is 5.13. The zero-order chi connectivity index (χ0) is 16.1. The monoisotopic (exact) mass is 298 g/mol. The predicted octanol–water partition coefficient (Wildman–Crippen LogP) is 4.47. The SMILES string of the molecule is CCC(C)(C)C(=O)OC1CCCCCC(C(C)(C)O)CC1. The van der Waals surface area contributed by atoms with Gasteiger partial charge in [0.1, 0.15) is 6.10 Å². The molecule has 1 rings (SSSR count). The highest BCUT2D eigenvalue weighted by Crippen LogP contribution is 2.32. The van der Waals surface area contributed by atoms with E-state index in [0.29, 0.717) is 5.92 Å². The minimum atomic E-state index is -0.637. The van der Waals surface area contributed by atoms with Gasteiger partial charge in [-0.2, -0.15) is 0 Å². The molecule has 124 valence electrons. The first-order valence-electron chi connectivity index (χ1n) is 8.60. The number of ether oxygens (including phenoxy) is 1. The molecule has 21 heavy (non-hydrogen) atoms. The molecule has 0 spiro atoms. The predicted molar refractivity (Wildman–Crippen MR) is 86.1 cm³/mol. The van der Waals surface area contributed by atoms with E-state index in [-0.39, 0.29) is 12.1 Å². The van der Waals surface area contributed by atoms with Gasteiger partial charge in [-0.25, -0.2) is 0 Å². The number of carbonyl (C=O) groups excluding carboxylic acids is 1. The Morgan fingerprint density at radius 3 is 2.24 bits per heavy atom. The summed E-state index contributed by atoms with van der Waals surface area (Å²) >= 11 is 0. The van der Waals surface area contributed by atoms with Crippen LogP contribution in [0.2, 0.25) is 0 Å². The summed E-state index contributed by atoms with van der Waals surface area (Å²) in [5, 5.41) is 10.3. The molecule has 3 nitrogen and oxygen atoms in total. The van der Waals surface area contributed by atoms with Crippen molar-refractivity contribution in [2.75, 3.05) is 0 Å². The van der Waals surface area contributed by atoms with Gasteiger partial charge in [-0.1, -0.05) is 19.8 Å². The molecule has 0 bridgehead atoms. The van der Waals surface area contributed by atoms with Crippen molar-refractivity contribution in [2.24, 2.45) is 11.3 Å². The Kier molecular flexibility index (Phi) is 6.71. The van der Waals surface area contributed by atoms with Gasteiger partial charge in [0, 0.05) is 0 Å². The second-order valence-electron chi connectivity index (χ2n) is 7.83. The van der Waals surface area contributed by atoms with E-state index in [2.05, 4.69) is 0 Å².